The first-order chi connectivity index (χ1) is 10.5. The van der Waals surface area contributed by atoms with Crippen LogP contribution in [-0.2, 0) is 11.2 Å². The Morgan fingerprint density at radius 1 is 1.18 bits per heavy atom. The number of hydrogen-bond donors (Lipinski definition) is 1. The lowest BCUT2D eigenvalue weighted by Crippen LogP contribution is -2.44. The third-order valence-corrected chi connectivity index (χ3v) is 4.89. The van der Waals surface area contributed by atoms with E-state index >= 15 is 0 Å². The Bertz CT molecular complexity index is 538. The SMILES string of the molecule is O=C(NC1CCCc2occc21)C1CCCCC1C(F)(F)F. The zero-order valence-electron chi connectivity index (χ0n) is 12.3. The Balaban J connectivity index is 1.72. The smallest absolute Gasteiger partial charge is 0.392 e. The van der Waals surface area contributed by atoms with E-state index in [4.69, 9.17) is 4.42 Å². The highest BCUT2D eigenvalue weighted by molar-refractivity contribution is 5.79. The molecule has 1 aromatic heterocycles. The summed E-state index contributed by atoms with van der Waals surface area (Å²) in [5.41, 5.74) is 0.916. The van der Waals surface area contributed by atoms with E-state index in [1.54, 1.807) is 6.26 Å². The minimum atomic E-state index is -4.30. The molecule has 3 rings (SSSR count). The molecule has 1 amide bonds. The Hall–Kier alpha value is -1.46. The van der Waals surface area contributed by atoms with Gasteiger partial charge in [-0.2, -0.15) is 13.2 Å². The molecule has 3 unspecified atom stereocenters. The van der Waals surface area contributed by atoms with Crippen molar-refractivity contribution in [3.05, 3.63) is 23.7 Å². The average molecular weight is 315 g/mol. The first-order valence-electron chi connectivity index (χ1n) is 7.90. The summed E-state index contributed by atoms with van der Waals surface area (Å²) in [4.78, 5) is 12.4. The molecule has 1 heterocycles. The molecule has 3 atom stereocenters. The normalized spacial score (nSPS) is 29.0. The van der Waals surface area contributed by atoms with Crippen molar-refractivity contribution in [3.63, 3.8) is 0 Å². The Morgan fingerprint density at radius 3 is 2.73 bits per heavy atom. The van der Waals surface area contributed by atoms with Gasteiger partial charge in [-0.05, 0) is 31.7 Å². The summed E-state index contributed by atoms with van der Waals surface area (Å²) in [6.45, 7) is 0. The van der Waals surface area contributed by atoms with E-state index in [0.29, 0.717) is 19.3 Å². The Kier molecular flexibility index (Phi) is 4.19. The topological polar surface area (TPSA) is 42.2 Å². The fourth-order valence-electron chi connectivity index (χ4n) is 3.75. The van der Waals surface area contributed by atoms with E-state index in [0.717, 1.165) is 30.6 Å². The standard InChI is InChI=1S/C16H20F3NO2/c17-16(18,19)12-5-2-1-4-10(12)15(21)20-13-6-3-7-14-11(13)8-9-22-14/h8-10,12-13H,1-7H2,(H,20,21). The quantitative estimate of drug-likeness (QED) is 0.891. The van der Waals surface area contributed by atoms with Crippen molar-refractivity contribution in [2.45, 2.75) is 57.2 Å². The van der Waals surface area contributed by atoms with Crippen LogP contribution in [0.15, 0.2) is 16.7 Å². The highest BCUT2D eigenvalue weighted by Gasteiger charge is 2.48. The largest absolute Gasteiger partial charge is 0.469 e. The number of rotatable bonds is 2. The number of furan rings is 1. The third kappa shape index (κ3) is 3.01. The van der Waals surface area contributed by atoms with Crippen LogP contribution >= 0.6 is 0 Å². The molecule has 1 aromatic rings. The summed E-state index contributed by atoms with van der Waals surface area (Å²) in [6.07, 6.45) is 1.34. The van der Waals surface area contributed by atoms with Crippen LogP contribution < -0.4 is 5.32 Å². The summed E-state index contributed by atoms with van der Waals surface area (Å²) < 4.78 is 44.7. The van der Waals surface area contributed by atoms with Crippen molar-refractivity contribution < 1.29 is 22.4 Å². The maximum absolute atomic E-state index is 13.1. The number of carbonyl (C=O) groups is 1. The third-order valence-electron chi connectivity index (χ3n) is 4.89. The zero-order valence-corrected chi connectivity index (χ0v) is 12.3. The van der Waals surface area contributed by atoms with Crippen LogP contribution in [0, 0.1) is 11.8 Å². The lowest BCUT2D eigenvalue weighted by Gasteiger charge is -2.33. The predicted octanol–water partition coefficient (Wildman–Crippen LogP) is 4.14. The molecule has 3 nitrogen and oxygen atoms in total. The van der Waals surface area contributed by atoms with Gasteiger partial charge in [0.25, 0.3) is 0 Å². The van der Waals surface area contributed by atoms with Gasteiger partial charge in [0.15, 0.2) is 0 Å². The number of nitrogens with one attached hydrogen (secondary N) is 1. The van der Waals surface area contributed by atoms with Crippen molar-refractivity contribution in [2.75, 3.05) is 0 Å². The van der Waals surface area contributed by atoms with E-state index in [2.05, 4.69) is 5.32 Å². The molecule has 0 radical (unpaired) electrons. The average Bonchev–Trinajstić information content (AvgIpc) is 2.96. The van der Waals surface area contributed by atoms with Gasteiger partial charge in [0.1, 0.15) is 5.76 Å². The van der Waals surface area contributed by atoms with Gasteiger partial charge in [0, 0.05) is 17.9 Å². The molecular formula is C16H20F3NO2. The first kappa shape index (κ1) is 15.4. The Morgan fingerprint density at radius 2 is 1.95 bits per heavy atom. The summed E-state index contributed by atoms with van der Waals surface area (Å²) in [5.74, 6) is -2.08. The highest BCUT2D eigenvalue weighted by Crippen LogP contribution is 2.42. The van der Waals surface area contributed by atoms with Crippen molar-refractivity contribution >= 4 is 5.91 Å². The molecule has 1 N–H and O–H groups in total. The van der Waals surface area contributed by atoms with Gasteiger partial charge in [-0.3, -0.25) is 4.79 Å². The molecule has 0 spiro atoms. The molecule has 1 saturated carbocycles. The molecule has 2 aliphatic rings. The zero-order chi connectivity index (χ0) is 15.7. The molecule has 122 valence electrons. The van der Waals surface area contributed by atoms with E-state index in [1.807, 2.05) is 6.07 Å². The molecule has 2 aliphatic carbocycles. The molecule has 22 heavy (non-hydrogen) atoms. The maximum Gasteiger partial charge on any atom is 0.392 e. The van der Waals surface area contributed by atoms with Gasteiger partial charge in [-0.15, -0.1) is 0 Å². The molecule has 6 heteroatoms. The number of aryl methyl sites for hydroxylation is 1. The second kappa shape index (κ2) is 5.97. The second-order valence-corrected chi connectivity index (χ2v) is 6.29. The molecular weight excluding hydrogens is 295 g/mol. The number of carbonyl (C=O) groups excluding carboxylic acids is 1. The van der Waals surface area contributed by atoms with Gasteiger partial charge in [-0.1, -0.05) is 12.8 Å². The van der Waals surface area contributed by atoms with E-state index in [9.17, 15) is 18.0 Å². The minimum absolute atomic E-state index is 0.0587. The maximum atomic E-state index is 13.1. The van der Waals surface area contributed by atoms with Crippen molar-refractivity contribution in [2.24, 2.45) is 11.8 Å². The Labute approximate surface area is 127 Å². The molecule has 0 aromatic carbocycles. The molecule has 1 fully saturated rings. The van der Waals surface area contributed by atoms with Crippen LogP contribution in [0.4, 0.5) is 13.2 Å². The van der Waals surface area contributed by atoms with Crippen molar-refractivity contribution in [3.8, 4) is 0 Å². The molecule has 0 aliphatic heterocycles. The summed E-state index contributed by atoms with van der Waals surface area (Å²) >= 11 is 0. The number of hydrogen-bond acceptors (Lipinski definition) is 2. The lowest BCUT2D eigenvalue weighted by molar-refractivity contribution is -0.198. The van der Waals surface area contributed by atoms with Gasteiger partial charge >= 0.3 is 6.18 Å². The van der Waals surface area contributed by atoms with Crippen LogP contribution in [0.2, 0.25) is 0 Å². The van der Waals surface area contributed by atoms with Gasteiger partial charge < -0.3 is 9.73 Å². The summed E-state index contributed by atoms with van der Waals surface area (Å²) in [6, 6.07) is 1.59. The fourth-order valence-corrected chi connectivity index (χ4v) is 3.75. The lowest BCUT2D eigenvalue weighted by atomic mass is 9.78. The van der Waals surface area contributed by atoms with Gasteiger partial charge in [0.05, 0.1) is 18.2 Å². The molecule has 0 bridgehead atoms. The van der Waals surface area contributed by atoms with Crippen molar-refractivity contribution in [1.82, 2.24) is 5.32 Å². The number of amides is 1. The number of fused-ring (bicyclic) bond motifs is 1. The summed E-state index contributed by atoms with van der Waals surface area (Å²) in [5, 5.41) is 2.83. The predicted molar refractivity (Wildman–Crippen MR) is 74.0 cm³/mol. The monoisotopic (exact) mass is 315 g/mol. The number of halogens is 3. The molecule has 0 saturated heterocycles. The number of alkyl halides is 3. The first-order valence-corrected chi connectivity index (χ1v) is 7.90. The summed E-state index contributed by atoms with van der Waals surface area (Å²) in [7, 11) is 0. The van der Waals surface area contributed by atoms with E-state index in [1.165, 1.54) is 0 Å². The van der Waals surface area contributed by atoms with E-state index < -0.39 is 23.9 Å². The second-order valence-electron chi connectivity index (χ2n) is 6.29. The fraction of sp³-hybridized carbons (Fsp3) is 0.688. The van der Waals surface area contributed by atoms with E-state index in [-0.39, 0.29) is 12.5 Å². The van der Waals surface area contributed by atoms with Crippen LogP contribution in [0.3, 0.4) is 0 Å². The van der Waals surface area contributed by atoms with Crippen LogP contribution in [0.1, 0.15) is 55.9 Å². The van der Waals surface area contributed by atoms with Crippen molar-refractivity contribution in [1.29, 1.82) is 0 Å². The van der Waals surface area contributed by atoms with Gasteiger partial charge in [0.2, 0.25) is 5.91 Å². The minimum Gasteiger partial charge on any atom is -0.469 e. The highest BCUT2D eigenvalue weighted by atomic mass is 19.4. The van der Waals surface area contributed by atoms with Crippen LogP contribution in [0.25, 0.3) is 0 Å². The van der Waals surface area contributed by atoms with Gasteiger partial charge in [-0.25, -0.2) is 0 Å². The van der Waals surface area contributed by atoms with Crippen LogP contribution in [-0.4, -0.2) is 12.1 Å². The van der Waals surface area contributed by atoms with Crippen LogP contribution in [0.5, 0.6) is 0 Å².